The predicted octanol–water partition coefficient (Wildman–Crippen LogP) is 3.57. The Kier molecular flexibility index (Phi) is 10.3. The van der Waals surface area contributed by atoms with E-state index >= 15 is 0 Å². The van der Waals surface area contributed by atoms with E-state index in [1.54, 1.807) is 12.4 Å². The van der Waals surface area contributed by atoms with Crippen LogP contribution in [0.15, 0.2) is 54.6 Å². The summed E-state index contributed by atoms with van der Waals surface area (Å²) in [7, 11) is 0. The molecule has 3 N–H and O–H groups in total. The minimum atomic E-state index is -4.51. The SMILES string of the molecule is CCOCOCC(CC(Cc1ccccc1)C(=O)NO)NC(=O)c1ccc(C(F)(F)F)cc1. The summed E-state index contributed by atoms with van der Waals surface area (Å²) >= 11 is 0. The van der Waals surface area contributed by atoms with E-state index in [0.717, 1.165) is 29.8 Å². The fourth-order valence-corrected chi connectivity index (χ4v) is 3.20. The quantitative estimate of drug-likeness (QED) is 0.192. The summed E-state index contributed by atoms with van der Waals surface area (Å²) in [5, 5.41) is 11.9. The summed E-state index contributed by atoms with van der Waals surface area (Å²) in [5.74, 6) is -1.94. The molecule has 180 valence electrons. The van der Waals surface area contributed by atoms with E-state index in [-0.39, 0.29) is 25.4 Å². The Hall–Kier alpha value is -2.95. The van der Waals surface area contributed by atoms with E-state index in [0.29, 0.717) is 13.0 Å². The highest BCUT2D eigenvalue weighted by molar-refractivity contribution is 5.94. The second-order valence-electron chi connectivity index (χ2n) is 7.33. The summed E-state index contributed by atoms with van der Waals surface area (Å²) in [6.07, 6.45) is -4.10. The van der Waals surface area contributed by atoms with Crippen LogP contribution < -0.4 is 10.8 Å². The maximum Gasteiger partial charge on any atom is 0.416 e. The number of halogens is 3. The molecule has 2 amide bonds. The Labute approximate surface area is 189 Å². The van der Waals surface area contributed by atoms with Crippen molar-refractivity contribution in [2.75, 3.05) is 20.0 Å². The molecule has 0 saturated carbocycles. The van der Waals surface area contributed by atoms with Crippen molar-refractivity contribution in [3.8, 4) is 0 Å². The molecule has 33 heavy (non-hydrogen) atoms. The maximum atomic E-state index is 12.8. The zero-order valence-corrected chi connectivity index (χ0v) is 18.1. The molecule has 10 heteroatoms. The van der Waals surface area contributed by atoms with E-state index in [4.69, 9.17) is 14.7 Å². The monoisotopic (exact) mass is 468 g/mol. The summed E-state index contributed by atoms with van der Waals surface area (Å²) < 4.78 is 48.9. The molecule has 2 unspecified atom stereocenters. The number of hydrogen-bond acceptors (Lipinski definition) is 5. The number of alkyl halides is 3. The third-order valence-corrected chi connectivity index (χ3v) is 4.87. The van der Waals surface area contributed by atoms with E-state index in [1.165, 1.54) is 0 Å². The minimum absolute atomic E-state index is 0.00360. The van der Waals surface area contributed by atoms with Crippen molar-refractivity contribution in [2.45, 2.75) is 32.0 Å². The lowest BCUT2D eigenvalue weighted by atomic mass is 9.92. The number of benzene rings is 2. The van der Waals surface area contributed by atoms with Gasteiger partial charge in [0.05, 0.1) is 18.2 Å². The molecule has 7 nitrogen and oxygen atoms in total. The van der Waals surface area contributed by atoms with Gasteiger partial charge in [-0.25, -0.2) is 5.48 Å². The molecule has 0 aliphatic rings. The molecule has 0 bridgehead atoms. The Morgan fingerprint density at radius 3 is 2.27 bits per heavy atom. The number of hydroxylamine groups is 1. The lowest BCUT2D eigenvalue weighted by Gasteiger charge is -2.24. The molecule has 0 radical (unpaired) electrons. The van der Waals surface area contributed by atoms with Crippen molar-refractivity contribution < 1.29 is 37.4 Å². The Morgan fingerprint density at radius 1 is 1.03 bits per heavy atom. The number of carbonyl (C=O) groups is 2. The van der Waals surface area contributed by atoms with Crippen LogP contribution in [0.2, 0.25) is 0 Å². The van der Waals surface area contributed by atoms with Gasteiger partial charge in [-0.15, -0.1) is 0 Å². The Morgan fingerprint density at radius 2 is 1.70 bits per heavy atom. The number of carbonyl (C=O) groups excluding carboxylic acids is 2. The first-order chi connectivity index (χ1) is 15.7. The van der Waals surface area contributed by atoms with Crippen molar-refractivity contribution in [3.63, 3.8) is 0 Å². The average Bonchev–Trinajstić information content (AvgIpc) is 2.80. The van der Waals surface area contributed by atoms with Crippen LogP contribution in [0.1, 0.15) is 34.8 Å². The predicted molar refractivity (Wildman–Crippen MR) is 113 cm³/mol. The van der Waals surface area contributed by atoms with Gasteiger partial charge in [-0.1, -0.05) is 30.3 Å². The molecule has 0 aromatic heterocycles. The molecule has 0 spiro atoms. The van der Waals surface area contributed by atoms with Crippen LogP contribution >= 0.6 is 0 Å². The molecule has 0 saturated heterocycles. The fourth-order valence-electron chi connectivity index (χ4n) is 3.20. The van der Waals surface area contributed by atoms with Crippen LogP contribution in [0.5, 0.6) is 0 Å². The fraction of sp³-hybridized carbons (Fsp3) is 0.391. The number of amides is 2. The molecule has 0 heterocycles. The average molecular weight is 468 g/mol. The third kappa shape index (κ3) is 8.83. The summed E-state index contributed by atoms with van der Waals surface area (Å²) in [5.41, 5.74) is 1.67. The van der Waals surface area contributed by atoms with Crippen LogP contribution in [-0.4, -0.2) is 43.1 Å². The minimum Gasteiger partial charge on any atom is -0.356 e. The molecular weight excluding hydrogens is 441 g/mol. The van der Waals surface area contributed by atoms with Crippen LogP contribution in [-0.2, 0) is 26.9 Å². The first-order valence-corrected chi connectivity index (χ1v) is 10.4. The van der Waals surface area contributed by atoms with Gasteiger partial charge in [0.15, 0.2) is 0 Å². The Bertz CT molecular complexity index is 876. The van der Waals surface area contributed by atoms with Gasteiger partial charge < -0.3 is 14.8 Å². The summed E-state index contributed by atoms with van der Waals surface area (Å²) in [6.45, 7) is 2.18. The second kappa shape index (κ2) is 12.9. The van der Waals surface area contributed by atoms with Crippen molar-refractivity contribution in [3.05, 3.63) is 71.3 Å². The standard InChI is InChI=1S/C23H27F3N2O5/c1-2-32-15-33-14-20(13-18(22(30)28-31)12-16-6-4-3-5-7-16)27-21(29)17-8-10-19(11-9-17)23(24,25)26/h3-11,18,20,31H,2,12-15H2,1H3,(H,27,29)(H,28,30). The topological polar surface area (TPSA) is 96.9 Å². The Balaban J connectivity index is 2.13. The number of ether oxygens (including phenoxy) is 2. The molecule has 2 rings (SSSR count). The molecule has 0 aliphatic heterocycles. The molecule has 0 aliphatic carbocycles. The molecule has 2 atom stereocenters. The smallest absolute Gasteiger partial charge is 0.356 e. The first-order valence-electron chi connectivity index (χ1n) is 10.4. The highest BCUT2D eigenvalue weighted by Gasteiger charge is 2.30. The molecule has 0 fully saturated rings. The van der Waals surface area contributed by atoms with Gasteiger partial charge in [-0.2, -0.15) is 13.2 Å². The van der Waals surface area contributed by atoms with Gasteiger partial charge >= 0.3 is 6.18 Å². The van der Waals surface area contributed by atoms with Gasteiger partial charge in [0, 0.05) is 18.1 Å². The van der Waals surface area contributed by atoms with Gasteiger partial charge in [-0.3, -0.25) is 14.8 Å². The third-order valence-electron chi connectivity index (χ3n) is 4.87. The summed E-state index contributed by atoms with van der Waals surface area (Å²) in [4.78, 5) is 24.9. The van der Waals surface area contributed by atoms with E-state index in [1.807, 2.05) is 30.3 Å². The number of hydrogen-bond donors (Lipinski definition) is 3. The van der Waals surface area contributed by atoms with Gasteiger partial charge in [0.1, 0.15) is 6.79 Å². The lowest BCUT2D eigenvalue weighted by molar-refractivity contribution is -0.137. The van der Waals surface area contributed by atoms with Crippen LogP contribution in [0.4, 0.5) is 13.2 Å². The van der Waals surface area contributed by atoms with E-state index in [2.05, 4.69) is 5.32 Å². The van der Waals surface area contributed by atoms with Crippen LogP contribution in [0, 0.1) is 5.92 Å². The second-order valence-corrected chi connectivity index (χ2v) is 7.33. The largest absolute Gasteiger partial charge is 0.416 e. The molecule has 2 aromatic carbocycles. The van der Waals surface area contributed by atoms with Crippen molar-refractivity contribution >= 4 is 11.8 Å². The first kappa shape index (κ1) is 26.3. The highest BCUT2D eigenvalue weighted by Crippen LogP contribution is 2.29. The number of nitrogens with one attached hydrogen (secondary N) is 2. The normalized spacial score (nSPS) is 13.2. The number of rotatable bonds is 12. The molecule has 2 aromatic rings. The van der Waals surface area contributed by atoms with Crippen LogP contribution in [0.3, 0.4) is 0 Å². The van der Waals surface area contributed by atoms with E-state index < -0.39 is 35.5 Å². The lowest BCUT2D eigenvalue weighted by Crippen LogP contribution is -2.42. The highest BCUT2D eigenvalue weighted by atomic mass is 19.4. The van der Waals surface area contributed by atoms with E-state index in [9.17, 15) is 22.8 Å². The van der Waals surface area contributed by atoms with Crippen LogP contribution in [0.25, 0.3) is 0 Å². The van der Waals surface area contributed by atoms with Gasteiger partial charge in [0.25, 0.3) is 5.91 Å². The summed E-state index contributed by atoms with van der Waals surface area (Å²) in [6, 6.07) is 12.3. The zero-order chi connectivity index (χ0) is 24.3. The van der Waals surface area contributed by atoms with Gasteiger partial charge in [-0.05, 0) is 49.6 Å². The maximum absolute atomic E-state index is 12.8. The van der Waals surface area contributed by atoms with Crippen molar-refractivity contribution in [1.29, 1.82) is 0 Å². The van der Waals surface area contributed by atoms with Crippen molar-refractivity contribution in [1.82, 2.24) is 10.8 Å². The van der Waals surface area contributed by atoms with Crippen molar-refractivity contribution in [2.24, 2.45) is 5.92 Å². The zero-order valence-electron chi connectivity index (χ0n) is 18.1. The molecular formula is C23H27F3N2O5. The van der Waals surface area contributed by atoms with Gasteiger partial charge in [0.2, 0.25) is 5.91 Å².